The summed E-state index contributed by atoms with van der Waals surface area (Å²) in [5.41, 5.74) is 4.01. The van der Waals surface area contributed by atoms with Crippen LogP contribution >= 0.6 is 0 Å². The monoisotopic (exact) mass is 466 g/mol. The van der Waals surface area contributed by atoms with Crippen molar-refractivity contribution in [1.29, 1.82) is 0 Å². The molecule has 2 N–H and O–H groups in total. The molecule has 6 heteroatoms. The number of aliphatic hydroxyl groups excluding tert-OH is 1. The lowest BCUT2D eigenvalue weighted by atomic mass is 10.1. The standard InChI is InChI=1S/C27H31NO4S/c1-21-14-24(20-33(30,31)27-7-3-2-4-8-27)16-26(15-21)32-19-23-11-9-22(10-12-23)17-28-13-5-6-25(28)18-29/h2-4,7-12,14-16,25,29H,5-6,13,17-20H2,1H3/p+1/t25-/m1/s1. The maximum absolute atomic E-state index is 12.7. The molecule has 4 rings (SSSR count). The Hall–Kier alpha value is -2.67. The van der Waals surface area contributed by atoms with Crippen LogP contribution in [0.4, 0.5) is 0 Å². The average Bonchev–Trinajstić information content (AvgIpc) is 3.25. The van der Waals surface area contributed by atoms with Crippen LogP contribution in [0.15, 0.2) is 77.7 Å². The number of hydrogen-bond donors (Lipinski definition) is 2. The van der Waals surface area contributed by atoms with E-state index in [9.17, 15) is 13.5 Å². The van der Waals surface area contributed by atoms with Crippen LogP contribution in [0.5, 0.6) is 5.75 Å². The fraction of sp³-hybridized carbons (Fsp3) is 0.333. The minimum Gasteiger partial charge on any atom is -0.489 e. The Labute approximate surface area is 196 Å². The van der Waals surface area contributed by atoms with Gasteiger partial charge in [-0.2, -0.15) is 0 Å². The lowest BCUT2D eigenvalue weighted by molar-refractivity contribution is -0.926. The molecule has 0 spiro atoms. The Morgan fingerprint density at radius 1 is 0.970 bits per heavy atom. The van der Waals surface area contributed by atoms with E-state index in [1.807, 2.05) is 31.2 Å². The van der Waals surface area contributed by atoms with Crippen molar-refractivity contribution < 1.29 is 23.2 Å². The van der Waals surface area contributed by atoms with Crippen molar-refractivity contribution in [3.05, 3.63) is 95.1 Å². The number of ether oxygens (including phenoxy) is 1. The summed E-state index contributed by atoms with van der Waals surface area (Å²) in [6, 6.07) is 22.9. The highest BCUT2D eigenvalue weighted by Crippen LogP contribution is 2.23. The van der Waals surface area contributed by atoms with Crippen molar-refractivity contribution in [2.24, 2.45) is 0 Å². The van der Waals surface area contributed by atoms with Crippen molar-refractivity contribution in [2.75, 3.05) is 13.2 Å². The molecule has 1 aliphatic heterocycles. The molecule has 0 aromatic heterocycles. The van der Waals surface area contributed by atoms with Crippen LogP contribution in [-0.2, 0) is 28.7 Å². The quantitative estimate of drug-likeness (QED) is 0.509. The predicted octanol–water partition coefficient (Wildman–Crippen LogP) is 3.09. The van der Waals surface area contributed by atoms with Gasteiger partial charge in [0.1, 0.15) is 24.9 Å². The molecule has 0 saturated carbocycles. The van der Waals surface area contributed by atoms with E-state index in [1.54, 1.807) is 24.3 Å². The lowest BCUT2D eigenvalue weighted by Gasteiger charge is -2.19. The smallest absolute Gasteiger partial charge is 0.182 e. The molecule has 1 heterocycles. The summed E-state index contributed by atoms with van der Waals surface area (Å²) in [6.45, 7) is 4.67. The SMILES string of the molecule is Cc1cc(CS(=O)(=O)c2ccccc2)cc(OCc2ccc(C[NH+]3CCC[C@@H]3CO)cc2)c1. The van der Waals surface area contributed by atoms with E-state index in [1.165, 1.54) is 16.9 Å². The van der Waals surface area contributed by atoms with E-state index in [2.05, 4.69) is 24.3 Å². The Balaban J connectivity index is 1.38. The largest absolute Gasteiger partial charge is 0.489 e. The van der Waals surface area contributed by atoms with Gasteiger partial charge in [0.25, 0.3) is 0 Å². The first-order valence-corrected chi connectivity index (χ1v) is 13.1. The molecule has 0 radical (unpaired) electrons. The summed E-state index contributed by atoms with van der Waals surface area (Å²) in [4.78, 5) is 1.79. The van der Waals surface area contributed by atoms with Crippen molar-refractivity contribution in [2.45, 2.75) is 49.6 Å². The van der Waals surface area contributed by atoms with Gasteiger partial charge in [-0.05, 0) is 47.9 Å². The Kier molecular flexibility index (Phi) is 7.48. The molecular weight excluding hydrogens is 434 g/mol. The molecule has 33 heavy (non-hydrogen) atoms. The Bertz CT molecular complexity index is 1160. The molecule has 0 bridgehead atoms. The second-order valence-corrected chi connectivity index (χ2v) is 10.9. The van der Waals surface area contributed by atoms with E-state index in [-0.39, 0.29) is 12.4 Å². The van der Waals surface area contributed by atoms with Gasteiger partial charge in [-0.3, -0.25) is 0 Å². The normalized spacial score (nSPS) is 18.4. The van der Waals surface area contributed by atoms with Crippen molar-refractivity contribution >= 4 is 9.84 Å². The summed E-state index contributed by atoms with van der Waals surface area (Å²) in [5.74, 6) is 0.613. The highest BCUT2D eigenvalue weighted by Gasteiger charge is 2.27. The highest BCUT2D eigenvalue weighted by molar-refractivity contribution is 7.90. The third-order valence-electron chi connectivity index (χ3n) is 6.28. The maximum atomic E-state index is 12.7. The zero-order chi connectivity index (χ0) is 23.3. The number of aliphatic hydroxyl groups is 1. The van der Waals surface area contributed by atoms with Crippen molar-refractivity contribution in [1.82, 2.24) is 0 Å². The Morgan fingerprint density at radius 2 is 1.70 bits per heavy atom. The van der Waals surface area contributed by atoms with Gasteiger partial charge in [0.05, 0.1) is 23.8 Å². The van der Waals surface area contributed by atoms with Gasteiger partial charge in [0.2, 0.25) is 0 Å². The van der Waals surface area contributed by atoms with Gasteiger partial charge in [0.15, 0.2) is 9.84 Å². The number of rotatable bonds is 9. The first-order valence-electron chi connectivity index (χ1n) is 11.5. The lowest BCUT2D eigenvalue weighted by Crippen LogP contribution is -3.12. The molecule has 174 valence electrons. The molecule has 3 aromatic rings. The third kappa shape index (κ3) is 6.22. The number of benzene rings is 3. The fourth-order valence-corrected chi connectivity index (χ4v) is 5.88. The molecule has 3 aromatic carbocycles. The topological polar surface area (TPSA) is 68.0 Å². The molecule has 1 fully saturated rings. The second kappa shape index (κ2) is 10.5. The summed E-state index contributed by atoms with van der Waals surface area (Å²) in [5, 5.41) is 9.53. The molecule has 5 nitrogen and oxygen atoms in total. The van der Waals surface area contributed by atoms with E-state index in [0.717, 1.165) is 36.2 Å². The van der Waals surface area contributed by atoms with Crippen molar-refractivity contribution in [3.63, 3.8) is 0 Å². The van der Waals surface area contributed by atoms with Gasteiger partial charge in [-0.15, -0.1) is 0 Å². The molecule has 1 unspecified atom stereocenters. The zero-order valence-corrected chi connectivity index (χ0v) is 19.9. The minimum atomic E-state index is -3.41. The zero-order valence-electron chi connectivity index (χ0n) is 19.0. The van der Waals surface area contributed by atoms with Gasteiger partial charge in [-0.1, -0.05) is 48.5 Å². The van der Waals surface area contributed by atoms with Crippen LogP contribution in [0, 0.1) is 6.92 Å². The third-order valence-corrected chi connectivity index (χ3v) is 7.98. The van der Waals surface area contributed by atoms with E-state index in [4.69, 9.17) is 4.74 Å². The highest BCUT2D eigenvalue weighted by atomic mass is 32.2. The first kappa shape index (κ1) is 23.5. The molecule has 2 atom stereocenters. The number of quaternary nitrogens is 1. The van der Waals surface area contributed by atoms with Crippen LogP contribution in [0.2, 0.25) is 0 Å². The Morgan fingerprint density at radius 3 is 2.42 bits per heavy atom. The summed E-state index contributed by atoms with van der Waals surface area (Å²) >= 11 is 0. The van der Waals surface area contributed by atoms with E-state index in [0.29, 0.717) is 23.3 Å². The number of likely N-dealkylation sites (tertiary alicyclic amines) is 1. The number of sulfone groups is 1. The summed E-state index contributed by atoms with van der Waals surface area (Å²) in [6.07, 6.45) is 2.28. The first-order chi connectivity index (χ1) is 15.9. The minimum absolute atomic E-state index is 0.0581. The predicted molar refractivity (Wildman–Crippen MR) is 129 cm³/mol. The van der Waals surface area contributed by atoms with Crippen LogP contribution in [0.1, 0.15) is 35.1 Å². The average molecular weight is 467 g/mol. The molecule has 1 aliphatic rings. The number of nitrogens with one attached hydrogen (secondary N) is 1. The van der Waals surface area contributed by atoms with E-state index < -0.39 is 9.84 Å². The molecule has 0 aliphatic carbocycles. The van der Waals surface area contributed by atoms with Crippen LogP contribution in [0.25, 0.3) is 0 Å². The fourth-order valence-electron chi connectivity index (χ4n) is 4.54. The van der Waals surface area contributed by atoms with Crippen LogP contribution in [-0.4, -0.2) is 32.7 Å². The molecule has 0 amide bonds. The van der Waals surface area contributed by atoms with Crippen LogP contribution < -0.4 is 9.64 Å². The van der Waals surface area contributed by atoms with Crippen molar-refractivity contribution in [3.8, 4) is 5.75 Å². The summed E-state index contributed by atoms with van der Waals surface area (Å²) in [7, 11) is -3.41. The van der Waals surface area contributed by atoms with Gasteiger partial charge in [-0.25, -0.2) is 8.42 Å². The summed E-state index contributed by atoms with van der Waals surface area (Å²) < 4.78 is 31.5. The number of aryl methyl sites for hydroxylation is 1. The number of hydrogen-bond acceptors (Lipinski definition) is 4. The second-order valence-electron chi connectivity index (χ2n) is 8.94. The molecular formula is C27H32NO4S+. The molecule has 1 saturated heterocycles. The van der Waals surface area contributed by atoms with Gasteiger partial charge >= 0.3 is 0 Å². The van der Waals surface area contributed by atoms with Crippen LogP contribution in [0.3, 0.4) is 0 Å². The van der Waals surface area contributed by atoms with Gasteiger partial charge < -0.3 is 14.7 Å². The van der Waals surface area contributed by atoms with E-state index >= 15 is 0 Å². The van der Waals surface area contributed by atoms with Gasteiger partial charge in [0, 0.05) is 18.4 Å². The maximum Gasteiger partial charge on any atom is 0.182 e.